The summed E-state index contributed by atoms with van der Waals surface area (Å²) >= 11 is 0. The molecule has 3 nitrogen and oxygen atoms in total. The molecule has 0 spiro atoms. The molecular formula is C12H15F3N2O. The predicted molar refractivity (Wildman–Crippen MR) is 63.8 cm³/mol. The highest BCUT2D eigenvalue weighted by Crippen LogP contribution is 2.28. The predicted octanol–water partition coefficient (Wildman–Crippen LogP) is 3.06. The van der Waals surface area contributed by atoms with Crippen LogP contribution in [-0.2, 0) is 4.74 Å². The molecule has 0 aromatic carbocycles. The van der Waals surface area contributed by atoms with Crippen molar-refractivity contribution in [2.75, 3.05) is 6.61 Å². The summed E-state index contributed by atoms with van der Waals surface area (Å²) in [7, 11) is 0. The summed E-state index contributed by atoms with van der Waals surface area (Å²) in [4.78, 5) is 4.08. The van der Waals surface area contributed by atoms with E-state index in [1.165, 1.54) is 0 Å². The van der Waals surface area contributed by atoms with Crippen molar-refractivity contribution in [1.29, 1.82) is 0 Å². The molecule has 0 fully saturated rings. The van der Waals surface area contributed by atoms with Crippen molar-refractivity contribution in [3.05, 3.63) is 35.4 Å². The Kier molecular flexibility index (Phi) is 4.58. The Hall–Kier alpha value is -1.72. The first kappa shape index (κ1) is 14.3. The first-order chi connectivity index (χ1) is 8.36. The number of aliphatic imine (C=N–C) groups is 1. The topological polar surface area (TPSA) is 47.6 Å². The molecule has 0 aromatic heterocycles. The molecular weight excluding hydrogens is 245 g/mol. The molecule has 0 aliphatic carbocycles. The van der Waals surface area contributed by atoms with Crippen molar-refractivity contribution in [2.24, 2.45) is 10.7 Å². The second-order valence-corrected chi connectivity index (χ2v) is 3.81. The van der Waals surface area contributed by atoms with Gasteiger partial charge < -0.3 is 10.5 Å². The van der Waals surface area contributed by atoms with E-state index in [1.807, 2.05) is 0 Å². The summed E-state index contributed by atoms with van der Waals surface area (Å²) < 4.78 is 42.4. The van der Waals surface area contributed by atoms with Gasteiger partial charge >= 0.3 is 6.18 Å². The molecule has 1 heterocycles. The number of ether oxygens (including phenoxy) is 1. The fourth-order valence-corrected chi connectivity index (χ4v) is 1.49. The number of hydrogen-bond acceptors (Lipinski definition) is 3. The number of nitrogens with two attached hydrogens (primary N) is 1. The third-order valence-electron chi connectivity index (χ3n) is 2.55. The highest BCUT2D eigenvalue weighted by atomic mass is 19.4. The highest BCUT2D eigenvalue weighted by Gasteiger charge is 2.34. The molecule has 0 radical (unpaired) electrons. The van der Waals surface area contributed by atoms with E-state index in [0.29, 0.717) is 6.08 Å². The van der Waals surface area contributed by atoms with Gasteiger partial charge in [0.25, 0.3) is 0 Å². The van der Waals surface area contributed by atoms with Crippen molar-refractivity contribution in [1.82, 2.24) is 0 Å². The minimum absolute atomic E-state index is 0.0163. The molecule has 1 aliphatic rings. The number of halogens is 3. The number of hydrogen-bond donors (Lipinski definition) is 1. The van der Waals surface area contributed by atoms with E-state index in [-0.39, 0.29) is 6.61 Å². The lowest BCUT2D eigenvalue weighted by Crippen LogP contribution is -2.19. The monoisotopic (exact) mass is 260 g/mol. The Morgan fingerprint density at radius 2 is 2.28 bits per heavy atom. The largest absolute Gasteiger partial charge is 0.474 e. The molecule has 6 heteroatoms. The maximum atomic E-state index is 12.5. The fourth-order valence-electron chi connectivity index (χ4n) is 1.49. The minimum atomic E-state index is -4.56. The molecule has 0 amide bonds. The lowest BCUT2D eigenvalue weighted by molar-refractivity contribution is -0.0916. The summed E-state index contributed by atoms with van der Waals surface area (Å²) in [6.45, 7) is 4.89. The van der Waals surface area contributed by atoms with Gasteiger partial charge in [-0.05, 0) is 25.3 Å². The molecule has 100 valence electrons. The van der Waals surface area contributed by atoms with Crippen LogP contribution in [0.4, 0.5) is 13.2 Å². The van der Waals surface area contributed by atoms with Crippen molar-refractivity contribution in [3.63, 3.8) is 0 Å². The molecule has 0 aromatic rings. The van der Waals surface area contributed by atoms with Gasteiger partial charge in [0.1, 0.15) is 12.2 Å². The maximum Gasteiger partial charge on any atom is 0.421 e. The zero-order valence-corrected chi connectivity index (χ0v) is 10.0. The van der Waals surface area contributed by atoms with Crippen LogP contribution in [0, 0.1) is 0 Å². The van der Waals surface area contributed by atoms with Gasteiger partial charge in [-0.2, -0.15) is 13.2 Å². The first-order valence-electron chi connectivity index (χ1n) is 5.39. The molecule has 0 atom stereocenters. The average molecular weight is 260 g/mol. The van der Waals surface area contributed by atoms with E-state index >= 15 is 0 Å². The van der Waals surface area contributed by atoms with Gasteiger partial charge in [-0.25, -0.2) is 0 Å². The molecule has 1 rings (SSSR count). The zero-order valence-electron chi connectivity index (χ0n) is 10.0. The Morgan fingerprint density at radius 3 is 2.78 bits per heavy atom. The van der Waals surface area contributed by atoms with Crippen LogP contribution in [0.5, 0.6) is 0 Å². The van der Waals surface area contributed by atoms with Gasteiger partial charge in [0.05, 0.1) is 0 Å². The second-order valence-electron chi connectivity index (χ2n) is 3.81. The van der Waals surface area contributed by atoms with E-state index in [1.54, 1.807) is 13.1 Å². The molecule has 2 N–H and O–H groups in total. The summed E-state index contributed by atoms with van der Waals surface area (Å²) in [5.41, 5.74) is 5.84. The standard InChI is InChI=1S/C12H15F3N2O/c1-3-10(12(13,14)15)11(16)18-7-9-5-4-6-17-8(9)2/h3,6H,1,4-5,7,16H2,2H3/b11-10-. The van der Waals surface area contributed by atoms with Crippen LogP contribution < -0.4 is 5.73 Å². The summed E-state index contributed by atoms with van der Waals surface area (Å²) in [5, 5.41) is 0. The van der Waals surface area contributed by atoms with Crippen LogP contribution in [-0.4, -0.2) is 19.0 Å². The lowest BCUT2D eigenvalue weighted by atomic mass is 10.1. The maximum absolute atomic E-state index is 12.5. The van der Waals surface area contributed by atoms with Crippen LogP contribution in [0.2, 0.25) is 0 Å². The number of allylic oxidation sites excluding steroid dienone is 3. The van der Waals surface area contributed by atoms with Gasteiger partial charge in [0.2, 0.25) is 0 Å². The average Bonchev–Trinajstić information content (AvgIpc) is 2.27. The van der Waals surface area contributed by atoms with Crippen LogP contribution in [0.15, 0.2) is 40.4 Å². The Balaban J connectivity index is 2.76. The second kappa shape index (κ2) is 5.75. The van der Waals surface area contributed by atoms with Gasteiger partial charge in [0, 0.05) is 11.9 Å². The molecule has 18 heavy (non-hydrogen) atoms. The van der Waals surface area contributed by atoms with Crippen LogP contribution in [0.3, 0.4) is 0 Å². The smallest absolute Gasteiger partial charge is 0.421 e. The minimum Gasteiger partial charge on any atom is -0.474 e. The summed E-state index contributed by atoms with van der Waals surface area (Å²) in [5.74, 6) is -0.660. The SMILES string of the molecule is C=C/C(=C(\N)OCC1=C(C)N=CCC1)C(F)(F)F. The van der Waals surface area contributed by atoms with E-state index in [4.69, 9.17) is 10.5 Å². The van der Waals surface area contributed by atoms with Crippen molar-refractivity contribution >= 4 is 6.21 Å². The highest BCUT2D eigenvalue weighted by molar-refractivity contribution is 5.61. The molecule has 0 saturated carbocycles. The van der Waals surface area contributed by atoms with E-state index < -0.39 is 17.6 Å². The summed E-state index contributed by atoms with van der Waals surface area (Å²) in [6.07, 6.45) is -0.663. The molecule has 0 saturated heterocycles. The number of rotatable bonds is 4. The molecule has 0 unspecified atom stereocenters. The number of nitrogens with zero attached hydrogens (tertiary/aromatic N) is 1. The Bertz CT molecular complexity index is 420. The third-order valence-corrected chi connectivity index (χ3v) is 2.55. The van der Waals surface area contributed by atoms with Crippen molar-refractivity contribution in [3.8, 4) is 0 Å². The summed E-state index contributed by atoms with van der Waals surface area (Å²) in [6, 6.07) is 0. The number of alkyl halides is 3. The normalized spacial score (nSPS) is 17.6. The van der Waals surface area contributed by atoms with Gasteiger partial charge in [-0.1, -0.05) is 12.7 Å². The van der Waals surface area contributed by atoms with E-state index in [9.17, 15) is 13.2 Å². The van der Waals surface area contributed by atoms with Gasteiger partial charge in [-0.15, -0.1) is 0 Å². The Labute approximate surface area is 104 Å². The van der Waals surface area contributed by atoms with Crippen LogP contribution in [0.25, 0.3) is 0 Å². The first-order valence-corrected chi connectivity index (χ1v) is 5.39. The quantitative estimate of drug-likeness (QED) is 0.623. The van der Waals surface area contributed by atoms with E-state index in [0.717, 1.165) is 24.1 Å². The van der Waals surface area contributed by atoms with Gasteiger partial charge in [-0.3, -0.25) is 4.99 Å². The molecule has 0 bridgehead atoms. The van der Waals surface area contributed by atoms with Crippen molar-refractivity contribution in [2.45, 2.75) is 25.9 Å². The van der Waals surface area contributed by atoms with E-state index in [2.05, 4.69) is 11.6 Å². The zero-order chi connectivity index (χ0) is 13.8. The van der Waals surface area contributed by atoms with Crippen molar-refractivity contribution < 1.29 is 17.9 Å². The van der Waals surface area contributed by atoms with Crippen LogP contribution >= 0.6 is 0 Å². The fraction of sp³-hybridized carbons (Fsp3) is 0.417. The third kappa shape index (κ3) is 3.65. The lowest BCUT2D eigenvalue weighted by Gasteiger charge is -2.16. The van der Waals surface area contributed by atoms with Crippen LogP contribution in [0.1, 0.15) is 19.8 Å². The molecule has 1 aliphatic heterocycles. The van der Waals surface area contributed by atoms with Gasteiger partial charge in [0.15, 0.2) is 5.88 Å². The Morgan fingerprint density at radius 1 is 1.61 bits per heavy atom.